The number of benzene rings is 7. The molecule has 10 aromatic rings. The summed E-state index contributed by atoms with van der Waals surface area (Å²) in [6.45, 7) is 8.14. The first-order valence-electron chi connectivity index (χ1n) is 26.4. The topological polar surface area (TPSA) is 171 Å². The molecule has 0 bridgehead atoms. The van der Waals surface area contributed by atoms with Crippen LogP contribution in [-0.4, -0.2) is 62.3 Å². The van der Waals surface area contributed by atoms with Gasteiger partial charge in [0.15, 0.2) is 17.3 Å². The van der Waals surface area contributed by atoms with E-state index in [1.807, 2.05) is 110 Å². The number of allylic oxidation sites excluding steroid dienone is 3. The van der Waals surface area contributed by atoms with E-state index in [0.29, 0.717) is 70.7 Å². The molecule has 0 aliphatic rings. The van der Waals surface area contributed by atoms with Gasteiger partial charge in [0, 0.05) is 16.7 Å². The summed E-state index contributed by atoms with van der Waals surface area (Å²) in [6.07, 6.45) is 15.7. The standard InChI is InChI=1S/C66H57N9O6/c1-46-61(40-73-37-55(67-70-73)43-79-58-28-22-52(23-29-58)64(76)34-19-49-13-7-4-8-14-49)47(2)63(42-75-39-57(69-72-75)45-81-60-32-26-54(27-33-60)66(78)36-21-51-17-11-6-12-18-51)48(3)62(46)41-74-38-56(68-71-74)44-80-59-30-24-53(25-31-59)65(77)35-20-50-15-9-5-10-16-50/h4-39H,40-45H2,1-3H3/b34-19+,35-20+,36-21+. The molecule has 0 aliphatic heterocycles. The molecule has 15 heteroatoms. The molecule has 0 radical (unpaired) electrons. The number of carbonyl (C=O) groups excluding carboxylic acids is 3. The first kappa shape index (κ1) is 54.0. The van der Waals surface area contributed by atoms with Crippen molar-refractivity contribution < 1.29 is 28.6 Å². The van der Waals surface area contributed by atoms with Crippen LogP contribution in [0.25, 0.3) is 18.2 Å². The van der Waals surface area contributed by atoms with E-state index in [4.69, 9.17) is 14.2 Å². The second-order valence-electron chi connectivity index (χ2n) is 19.3. The third kappa shape index (κ3) is 14.4. The van der Waals surface area contributed by atoms with Gasteiger partial charge in [0.2, 0.25) is 0 Å². The van der Waals surface area contributed by atoms with E-state index < -0.39 is 0 Å². The number of hydrogen-bond acceptors (Lipinski definition) is 12. The highest BCUT2D eigenvalue weighted by molar-refractivity contribution is 6.08. The minimum Gasteiger partial charge on any atom is -0.487 e. The highest BCUT2D eigenvalue weighted by atomic mass is 16.5. The van der Waals surface area contributed by atoms with E-state index in [0.717, 1.165) is 50.1 Å². The van der Waals surface area contributed by atoms with Crippen LogP contribution in [0.1, 0.15) is 98.2 Å². The normalized spacial score (nSPS) is 11.4. The molecular formula is C66H57N9O6. The SMILES string of the molecule is Cc1c(Cn2cc(COc3ccc(C(=O)/C=C/c4ccccc4)cc3)nn2)c(C)c(Cn2cc(COc3ccc(C(=O)/C=C/c4ccccc4)cc3)nn2)c(C)c1Cn1cc(COc2ccc(C(=O)/C=C/c3ccccc3)cc2)nn1. The van der Waals surface area contributed by atoms with Gasteiger partial charge in [-0.05, 0) is 162 Å². The molecule has 0 atom stereocenters. The fourth-order valence-corrected chi connectivity index (χ4v) is 9.15. The van der Waals surface area contributed by atoms with Gasteiger partial charge in [-0.1, -0.05) is 125 Å². The van der Waals surface area contributed by atoms with Crippen molar-refractivity contribution in [1.82, 2.24) is 45.0 Å². The summed E-state index contributed by atoms with van der Waals surface area (Å²) in [5, 5.41) is 26.9. The average Bonchev–Trinajstić information content (AvgIpc) is 4.42. The summed E-state index contributed by atoms with van der Waals surface area (Å²) in [4.78, 5) is 38.5. The quantitative estimate of drug-likeness (QED) is 0.0415. The van der Waals surface area contributed by atoms with Gasteiger partial charge < -0.3 is 14.2 Å². The number of aromatic nitrogens is 9. The fourth-order valence-electron chi connectivity index (χ4n) is 9.15. The van der Waals surface area contributed by atoms with Crippen LogP contribution in [0.4, 0.5) is 0 Å². The molecule has 3 heterocycles. The van der Waals surface area contributed by atoms with Gasteiger partial charge >= 0.3 is 0 Å². The summed E-state index contributed by atoms with van der Waals surface area (Å²) >= 11 is 0. The minimum absolute atomic E-state index is 0.0987. The Bertz CT molecular complexity index is 3440. The first-order valence-corrected chi connectivity index (χ1v) is 26.4. The van der Waals surface area contributed by atoms with Crippen LogP contribution >= 0.6 is 0 Å². The summed E-state index contributed by atoms with van der Waals surface area (Å²) < 4.78 is 23.7. The molecule has 0 amide bonds. The van der Waals surface area contributed by atoms with Crippen LogP contribution in [0, 0.1) is 20.8 Å². The first-order chi connectivity index (χ1) is 39.6. The fraction of sp³-hybridized carbons (Fsp3) is 0.136. The predicted octanol–water partition coefficient (Wildman–Crippen LogP) is 12.0. The molecule has 3 aromatic heterocycles. The van der Waals surface area contributed by atoms with Crippen molar-refractivity contribution in [2.24, 2.45) is 0 Å². The van der Waals surface area contributed by atoms with E-state index in [2.05, 4.69) is 51.7 Å². The lowest BCUT2D eigenvalue weighted by Crippen LogP contribution is -2.15. The second kappa shape index (κ2) is 25.8. The Morgan fingerprint density at radius 3 is 0.889 bits per heavy atom. The van der Waals surface area contributed by atoms with Gasteiger partial charge in [0.25, 0.3) is 0 Å². The maximum atomic E-state index is 12.8. The van der Waals surface area contributed by atoms with Gasteiger partial charge in [-0.2, -0.15) is 0 Å². The third-order valence-corrected chi connectivity index (χ3v) is 13.7. The van der Waals surface area contributed by atoms with Gasteiger partial charge in [-0.3, -0.25) is 14.4 Å². The van der Waals surface area contributed by atoms with Gasteiger partial charge in [-0.25, -0.2) is 14.0 Å². The lowest BCUT2D eigenvalue weighted by molar-refractivity contribution is 0.103. The zero-order valence-corrected chi connectivity index (χ0v) is 45.0. The molecule has 15 nitrogen and oxygen atoms in total. The van der Waals surface area contributed by atoms with E-state index >= 15 is 0 Å². The number of ketones is 3. The van der Waals surface area contributed by atoms with Gasteiger partial charge in [-0.15, -0.1) is 15.3 Å². The van der Waals surface area contributed by atoms with E-state index in [1.165, 1.54) is 0 Å². The zero-order chi connectivity index (χ0) is 55.9. The van der Waals surface area contributed by atoms with Crippen LogP contribution in [0.15, 0.2) is 201 Å². The monoisotopic (exact) mass is 1070 g/mol. The maximum Gasteiger partial charge on any atom is 0.185 e. The van der Waals surface area contributed by atoms with Crippen molar-refractivity contribution >= 4 is 35.6 Å². The van der Waals surface area contributed by atoms with Crippen LogP contribution in [0.2, 0.25) is 0 Å². The molecular weight excluding hydrogens is 1010 g/mol. The number of rotatable bonds is 24. The van der Waals surface area contributed by atoms with Gasteiger partial charge in [0.1, 0.15) is 54.2 Å². The minimum atomic E-state index is -0.0987. The molecule has 0 N–H and O–H groups in total. The molecule has 0 saturated heterocycles. The van der Waals surface area contributed by atoms with Gasteiger partial charge in [0.05, 0.1) is 38.2 Å². The Balaban J connectivity index is 0.819. The zero-order valence-electron chi connectivity index (χ0n) is 45.0. The Hall–Kier alpha value is -10.4. The van der Waals surface area contributed by atoms with E-state index in [9.17, 15) is 14.4 Å². The molecule has 81 heavy (non-hydrogen) atoms. The molecule has 0 fully saturated rings. The van der Waals surface area contributed by atoms with Crippen molar-refractivity contribution in [3.05, 3.63) is 284 Å². The van der Waals surface area contributed by atoms with Crippen LogP contribution < -0.4 is 14.2 Å². The number of nitrogens with zero attached hydrogens (tertiary/aromatic N) is 9. The number of carbonyl (C=O) groups is 3. The van der Waals surface area contributed by atoms with Crippen LogP contribution in [0.3, 0.4) is 0 Å². The predicted molar refractivity (Wildman–Crippen MR) is 310 cm³/mol. The van der Waals surface area contributed by atoms with Crippen LogP contribution in [-0.2, 0) is 39.5 Å². The smallest absolute Gasteiger partial charge is 0.185 e. The van der Waals surface area contributed by atoms with Crippen molar-refractivity contribution in [2.45, 2.75) is 60.2 Å². The molecule has 0 aliphatic carbocycles. The number of ether oxygens (including phenoxy) is 3. The molecule has 7 aromatic carbocycles. The van der Waals surface area contributed by atoms with E-state index in [-0.39, 0.29) is 37.2 Å². The Kier molecular flexibility index (Phi) is 17.2. The highest BCUT2D eigenvalue weighted by Gasteiger charge is 2.21. The Labute approximate surface area is 469 Å². The molecule has 402 valence electrons. The summed E-state index contributed by atoms with van der Waals surface area (Å²) in [5.74, 6) is 1.50. The average molecular weight is 1070 g/mol. The molecule has 10 rings (SSSR count). The summed E-state index contributed by atoms with van der Waals surface area (Å²) in [7, 11) is 0. The van der Waals surface area contributed by atoms with Crippen molar-refractivity contribution in [3.8, 4) is 17.2 Å². The second-order valence-corrected chi connectivity index (χ2v) is 19.3. The summed E-state index contributed by atoms with van der Waals surface area (Å²) in [5.41, 5.74) is 12.8. The lowest BCUT2D eigenvalue weighted by atomic mass is 9.88. The number of hydrogen-bond donors (Lipinski definition) is 0. The Morgan fingerprint density at radius 1 is 0.370 bits per heavy atom. The largest absolute Gasteiger partial charge is 0.487 e. The van der Waals surface area contributed by atoms with Crippen molar-refractivity contribution in [3.63, 3.8) is 0 Å². The van der Waals surface area contributed by atoms with Crippen molar-refractivity contribution in [1.29, 1.82) is 0 Å². The van der Waals surface area contributed by atoms with E-state index in [1.54, 1.807) is 123 Å². The maximum absolute atomic E-state index is 12.8. The molecule has 0 spiro atoms. The van der Waals surface area contributed by atoms with Crippen molar-refractivity contribution in [2.75, 3.05) is 0 Å². The lowest BCUT2D eigenvalue weighted by Gasteiger charge is -2.22. The van der Waals surface area contributed by atoms with Crippen LogP contribution in [0.5, 0.6) is 17.2 Å². The Morgan fingerprint density at radius 2 is 0.630 bits per heavy atom. The highest BCUT2D eigenvalue weighted by Crippen LogP contribution is 2.30. The summed E-state index contributed by atoms with van der Waals surface area (Å²) in [6, 6.07) is 50.2. The third-order valence-electron chi connectivity index (χ3n) is 13.7. The molecule has 0 saturated carbocycles. The molecule has 0 unspecified atom stereocenters.